The maximum absolute atomic E-state index is 2.77. The van der Waals surface area contributed by atoms with Crippen LogP contribution >= 0.6 is 0 Å². The highest BCUT2D eigenvalue weighted by Crippen LogP contribution is 2.57. The average molecular weight is 563 g/mol. The van der Waals surface area contributed by atoms with Crippen LogP contribution in [0.2, 0.25) is 0 Å². The largest absolute Gasteiger partial charge is 0.378 e. The summed E-state index contributed by atoms with van der Waals surface area (Å²) in [5.74, 6) is 0. The number of rotatable bonds is 0. The van der Waals surface area contributed by atoms with Crippen molar-refractivity contribution in [2.45, 2.75) is 45.4 Å². The second-order valence-corrected chi connectivity index (χ2v) is 14.6. The van der Waals surface area contributed by atoms with Gasteiger partial charge in [0.05, 0.1) is 11.2 Å². The van der Waals surface area contributed by atoms with E-state index in [2.05, 4.69) is 141 Å². The molecule has 0 spiro atoms. The molecule has 2 nitrogen and oxygen atoms in total. The highest BCUT2D eigenvalue weighted by Gasteiger charge is 2.50. The van der Waals surface area contributed by atoms with E-state index in [0.29, 0.717) is 0 Å². The third kappa shape index (κ3) is 2.32. The minimum absolute atomic E-state index is 0.0740. The molecular formula is C41H31BN2. The molecule has 11 rings (SSSR count). The summed E-state index contributed by atoms with van der Waals surface area (Å²) < 4.78 is 5.43. The van der Waals surface area contributed by atoms with E-state index in [-0.39, 0.29) is 17.7 Å². The molecule has 0 saturated heterocycles. The van der Waals surface area contributed by atoms with Gasteiger partial charge in [-0.3, -0.25) is 0 Å². The molecule has 4 heterocycles. The van der Waals surface area contributed by atoms with E-state index in [9.17, 15) is 0 Å². The fourth-order valence-corrected chi connectivity index (χ4v) is 10.1. The number of para-hydroxylation sites is 2. The summed E-state index contributed by atoms with van der Waals surface area (Å²) in [6, 6.07) is 37.3. The molecular weight excluding hydrogens is 531 g/mol. The zero-order chi connectivity index (χ0) is 29.4. The number of hydrogen-bond acceptors (Lipinski definition) is 0. The first-order valence-corrected chi connectivity index (χ1v) is 16.0. The topological polar surface area (TPSA) is 9.86 Å². The molecule has 2 aliphatic carbocycles. The summed E-state index contributed by atoms with van der Waals surface area (Å²) in [5.41, 5.74) is 22.2. The van der Waals surface area contributed by atoms with Gasteiger partial charge in [0, 0.05) is 55.2 Å². The van der Waals surface area contributed by atoms with Crippen LogP contribution in [0.5, 0.6) is 0 Å². The van der Waals surface area contributed by atoms with Gasteiger partial charge in [-0.2, -0.15) is 0 Å². The van der Waals surface area contributed by atoms with E-state index in [4.69, 9.17) is 0 Å². The molecule has 4 aliphatic rings. The van der Waals surface area contributed by atoms with Crippen molar-refractivity contribution in [1.29, 1.82) is 0 Å². The molecule has 0 fully saturated rings. The van der Waals surface area contributed by atoms with Crippen LogP contribution in [0.15, 0.2) is 97.1 Å². The van der Waals surface area contributed by atoms with Crippen molar-refractivity contribution < 1.29 is 0 Å². The van der Waals surface area contributed by atoms with Gasteiger partial charge in [-0.1, -0.05) is 119 Å². The Balaban J connectivity index is 1.37. The Morgan fingerprint density at radius 2 is 1.30 bits per heavy atom. The van der Waals surface area contributed by atoms with Gasteiger partial charge in [-0.25, -0.2) is 0 Å². The lowest BCUT2D eigenvalue weighted by Crippen LogP contribution is -2.56. The van der Waals surface area contributed by atoms with Crippen molar-refractivity contribution in [1.82, 2.24) is 9.05 Å². The molecule has 7 aromatic rings. The molecule has 0 atom stereocenters. The first kappa shape index (κ1) is 23.7. The van der Waals surface area contributed by atoms with Crippen molar-refractivity contribution in [2.24, 2.45) is 0 Å². The molecule has 208 valence electrons. The van der Waals surface area contributed by atoms with Crippen molar-refractivity contribution in [3.05, 3.63) is 125 Å². The Kier molecular flexibility index (Phi) is 3.84. The van der Waals surface area contributed by atoms with Crippen LogP contribution in [0.3, 0.4) is 0 Å². The molecule has 3 heteroatoms. The average Bonchev–Trinajstić information content (AvgIpc) is 3.69. The monoisotopic (exact) mass is 562 g/mol. The Morgan fingerprint density at radius 3 is 2.11 bits per heavy atom. The molecule has 0 bridgehead atoms. The number of aromatic nitrogens is 2. The summed E-state index contributed by atoms with van der Waals surface area (Å²) in [5, 5.41) is 2.78. The highest BCUT2D eigenvalue weighted by molar-refractivity contribution is 6.89. The summed E-state index contributed by atoms with van der Waals surface area (Å²) in [4.78, 5) is 0. The molecule has 0 unspecified atom stereocenters. The zero-order valence-electron chi connectivity index (χ0n) is 25.7. The first-order chi connectivity index (χ1) is 21.3. The number of fused-ring (bicyclic) bond motifs is 14. The second kappa shape index (κ2) is 7.13. The molecule has 2 aliphatic heterocycles. The van der Waals surface area contributed by atoms with Gasteiger partial charge in [0.1, 0.15) is 0 Å². The van der Waals surface area contributed by atoms with E-state index in [1.165, 1.54) is 99.9 Å². The summed E-state index contributed by atoms with van der Waals surface area (Å²) in [6.45, 7) is 12.1. The molecule has 0 amide bonds. The zero-order valence-corrected chi connectivity index (χ0v) is 25.7. The fourth-order valence-electron chi connectivity index (χ4n) is 10.1. The second-order valence-electron chi connectivity index (χ2n) is 14.6. The van der Waals surface area contributed by atoms with Gasteiger partial charge in [-0.05, 0) is 57.3 Å². The lowest BCUT2D eigenvalue weighted by molar-refractivity contribution is 0.632. The lowest BCUT2D eigenvalue weighted by atomic mass is 9.45. The Bertz CT molecular complexity index is 2520. The Hall–Kier alpha value is -4.76. The van der Waals surface area contributed by atoms with Crippen LogP contribution in [0.1, 0.15) is 55.6 Å². The van der Waals surface area contributed by atoms with Crippen molar-refractivity contribution >= 4 is 39.6 Å². The van der Waals surface area contributed by atoms with Crippen LogP contribution in [-0.2, 0) is 10.8 Å². The number of nitrogens with zero attached hydrogens (tertiary/aromatic N) is 2. The molecule has 0 saturated carbocycles. The third-order valence-corrected chi connectivity index (χ3v) is 11.6. The Morgan fingerprint density at radius 1 is 0.614 bits per heavy atom. The first-order valence-electron chi connectivity index (χ1n) is 16.0. The molecule has 2 aromatic heterocycles. The molecule has 44 heavy (non-hydrogen) atoms. The van der Waals surface area contributed by atoms with Gasteiger partial charge in [0.2, 0.25) is 0 Å². The number of benzene rings is 5. The molecule has 0 N–H and O–H groups in total. The van der Waals surface area contributed by atoms with E-state index >= 15 is 0 Å². The third-order valence-electron chi connectivity index (χ3n) is 11.6. The van der Waals surface area contributed by atoms with Gasteiger partial charge >= 0.3 is 6.85 Å². The van der Waals surface area contributed by atoms with Crippen molar-refractivity contribution in [2.75, 3.05) is 0 Å². The number of aryl methyl sites for hydroxylation is 1. The van der Waals surface area contributed by atoms with E-state index in [1.54, 1.807) is 0 Å². The summed E-state index contributed by atoms with van der Waals surface area (Å²) in [7, 11) is 0. The predicted molar refractivity (Wildman–Crippen MR) is 184 cm³/mol. The van der Waals surface area contributed by atoms with Crippen LogP contribution in [-0.4, -0.2) is 15.9 Å². The number of hydrogen-bond donors (Lipinski definition) is 0. The standard InChI is InChI=1S/C41H31BN2/c1-22-20-28-23-14-10-15-26-33-24-12-6-8-17-29(24)41(4,5)39(33)44(36(23)26)42-31-19-11-16-27-34-38(43(37(27)31)32(21-22)35(28)42)25-13-7-9-18-30(25)40(34,2)3/h6-21H,1-5H3. The van der Waals surface area contributed by atoms with Gasteiger partial charge in [-0.15, -0.1) is 0 Å². The van der Waals surface area contributed by atoms with E-state index in [0.717, 1.165) is 0 Å². The van der Waals surface area contributed by atoms with Crippen LogP contribution in [0, 0.1) is 6.92 Å². The lowest BCUT2D eigenvalue weighted by Gasteiger charge is -2.37. The molecule has 0 radical (unpaired) electrons. The van der Waals surface area contributed by atoms with Crippen LogP contribution in [0.4, 0.5) is 0 Å². The van der Waals surface area contributed by atoms with Crippen LogP contribution in [0.25, 0.3) is 61.0 Å². The van der Waals surface area contributed by atoms with Crippen molar-refractivity contribution in [3.63, 3.8) is 0 Å². The smallest absolute Gasteiger partial charge is 0.332 e. The minimum atomic E-state index is -0.111. The SMILES string of the molecule is Cc1cc2c3c(c1)-n1c4c(c5cccc(c51)B3n1c3c(c5cccc-2c51)-c1ccccc1C3(C)C)C(C)(C)c1ccccc1-4. The maximum atomic E-state index is 2.77. The Labute approximate surface area is 257 Å². The quantitative estimate of drug-likeness (QED) is 0.164. The minimum Gasteiger partial charge on any atom is -0.378 e. The summed E-state index contributed by atoms with van der Waals surface area (Å²) in [6.07, 6.45) is 0. The van der Waals surface area contributed by atoms with Gasteiger partial charge in [0.15, 0.2) is 0 Å². The molecule has 5 aromatic carbocycles. The van der Waals surface area contributed by atoms with Crippen molar-refractivity contribution in [3.8, 4) is 39.2 Å². The normalized spacial score (nSPS) is 16.6. The predicted octanol–water partition coefficient (Wildman–Crippen LogP) is 8.45. The van der Waals surface area contributed by atoms with Gasteiger partial charge in [0.25, 0.3) is 0 Å². The van der Waals surface area contributed by atoms with E-state index in [1.807, 2.05) is 0 Å². The summed E-state index contributed by atoms with van der Waals surface area (Å²) >= 11 is 0. The fraction of sp³-hybridized carbons (Fsp3) is 0.171. The van der Waals surface area contributed by atoms with Gasteiger partial charge < -0.3 is 9.05 Å². The van der Waals surface area contributed by atoms with Crippen LogP contribution < -0.4 is 10.9 Å². The maximum Gasteiger partial charge on any atom is 0.332 e. The van der Waals surface area contributed by atoms with E-state index < -0.39 is 0 Å². The highest BCUT2D eigenvalue weighted by atomic mass is 15.0.